The zero-order valence-electron chi connectivity index (χ0n) is 9.16. The highest BCUT2D eigenvalue weighted by molar-refractivity contribution is 5.74. The standard InChI is InChI=1S/C12H16N4/c13-12(5-7-14-8-6-12)11-15-9-3-1-2-4-10(9)16-11/h1-4,14H,5-8,13H2,(H,15,16). The topological polar surface area (TPSA) is 66.7 Å². The van der Waals surface area contributed by atoms with Gasteiger partial charge in [0, 0.05) is 0 Å². The van der Waals surface area contributed by atoms with E-state index in [4.69, 9.17) is 5.73 Å². The SMILES string of the molecule is NC1(c2nc3ccccc3[nH]2)CCNCC1. The molecule has 0 unspecified atom stereocenters. The van der Waals surface area contributed by atoms with Crippen LogP contribution in [0.1, 0.15) is 18.7 Å². The molecule has 0 atom stereocenters. The first-order valence-electron chi connectivity index (χ1n) is 5.73. The van der Waals surface area contributed by atoms with Crippen LogP contribution < -0.4 is 11.1 Å². The highest BCUT2D eigenvalue weighted by Gasteiger charge is 2.32. The average molecular weight is 216 g/mol. The third-order valence-corrected chi connectivity index (χ3v) is 3.36. The molecular formula is C12H16N4. The van der Waals surface area contributed by atoms with Crippen molar-refractivity contribution in [1.29, 1.82) is 0 Å². The maximum Gasteiger partial charge on any atom is 0.127 e. The Kier molecular flexibility index (Phi) is 2.19. The molecule has 0 bridgehead atoms. The first kappa shape index (κ1) is 9.81. The van der Waals surface area contributed by atoms with Crippen LogP contribution in [0.3, 0.4) is 0 Å². The molecule has 0 amide bonds. The van der Waals surface area contributed by atoms with Gasteiger partial charge in [-0.05, 0) is 38.1 Å². The lowest BCUT2D eigenvalue weighted by Crippen LogP contribution is -2.47. The van der Waals surface area contributed by atoms with Gasteiger partial charge < -0.3 is 16.0 Å². The predicted molar refractivity (Wildman–Crippen MR) is 64.1 cm³/mol. The zero-order chi connectivity index (χ0) is 11.0. The zero-order valence-corrected chi connectivity index (χ0v) is 9.16. The van der Waals surface area contributed by atoms with Crippen LogP contribution in [0, 0.1) is 0 Å². The number of nitrogens with two attached hydrogens (primary N) is 1. The number of imidazole rings is 1. The van der Waals surface area contributed by atoms with Crippen molar-refractivity contribution < 1.29 is 0 Å². The summed E-state index contributed by atoms with van der Waals surface area (Å²) in [6, 6.07) is 8.06. The molecule has 1 aromatic carbocycles. The van der Waals surface area contributed by atoms with Gasteiger partial charge in [-0.1, -0.05) is 12.1 Å². The number of fused-ring (bicyclic) bond motifs is 1. The molecule has 1 aliphatic rings. The van der Waals surface area contributed by atoms with Crippen molar-refractivity contribution in [2.24, 2.45) is 5.73 Å². The number of H-pyrrole nitrogens is 1. The van der Waals surface area contributed by atoms with Gasteiger partial charge in [0.2, 0.25) is 0 Å². The Labute approximate surface area is 94.3 Å². The monoisotopic (exact) mass is 216 g/mol. The molecule has 0 aliphatic carbocycles. The van der Waals surface area contributed by atoms with Crippen LogP contribution >= 0.6 is 0 Å². The van der Waals surface area contributed by atoms with E-state index in [0.29, 0.717) is 0 Å². The fourth-order valence-corrected chi connectivity index (χ4v) is 2.30. The number of rotatable bonds is 1. The second kappa shape index (κ2) is 3.57. The van der Waals surface area contributed by atoms with Crippen LogP contribution in [0.2, 0.25) is 0 Å². The van der Waals surface area contributed by atoms with Crippen LogP contribution in [-0.4, -0.2) is 23.1 Å². The van der Waals surface area contributed by atoms with Gasteiger partial charge in [-0.25, -0.2) is 4.98 Å². The summed E-state index contributed by atoms with van der Waals surface area (Å²) in [6.45, 7) is 1.93. The Morgan fingerprint density at radius 3 is 2.69 bits per heavy atom. The molecule has 3 rings (SSSR count). The van der Waals surface area contributed by atoms with Gasteiger partial charge in [-0.3, -0.25) is 0 Å². The Morgan fingerprint density at radius 2 is 1.94 bits per heavy atom. The molecule has 2 heterocycles. The van der Waals surface area contributed by atoms with Crippen molar-refractivity contribution in [3.8, 4) is 0 Å². The quantitative estimate of drug-likeness (QED) is 0.668. The molecule has 4 heteroatoms. The summed E-state index contributed by atoms with van der Waals surface area (Å²) in [5, 5.41) is 3.32. The number of para-hydroxylation sites is 2. The minimum Gasteiger partial charge on any atom is -0.340 e. The third-order valence-electron chi connectivity index (χ3n) is 3.36. The van der Waals surface area contributed by atoms with Crippen molar-refractivity contribution in [3.63, 3.8) is 0 Å². The fraction of sp³-hybridized carbons (Fsp3) is 0.417. The second-order valence-corrected chi connectivity index (χ2v) is 4.51. The Morgan fingerprint density at radius 1 is 1.19 bits per heavy atom. The lowest BCUT2D eigenvalue weighted by molar-refractivity contribution is 0.304. The largest absolute Gasteiger partial charge is 0.340 e. The number of piperidine rings is 1. The summed E-state index contributed by atoms with van der Waals surface area (Å²) in [6.07, 6.45) is 1.87. The normalized spacial score (nSPS) is 20.1. The fourth-order valence-electron chi connectivity index (χ4n) is 2.30. The van der Waals surface area contributed by atoms with Crippen LogP contribution in [0.4, 0.5) is 0 Å². The van der Waals surface area contributed by atoms with E-state index < -0.39 is 0 Å². The summed E-state index contributed by atoms with van der Waals surface area (Å²) in [5.41, 5.74) is 8.19. The van der Waals surface area contributed by atoms with Crippen molar-refractivity contribution in [2.45, 2.75) is 18.4 Å². The highest BCUT2D eigenvalue weighted by Crippen LogP contribution is 2.27. The maximum atomic E-state index is 6.41. The highest BCUT2D eigenvalue weighted by atomic mass is 15.0. The minimum absolute atomic E-state index is 0.287. The van der Waals surface area contributed by atoms with Crippen LogP contribution in [0.15, 0.2) is 24.3 Å². The number of hydrogen-bond acceptors (Lipinski definition) is 3. The number of nitrogens with zero attached hydrogens (tertiary/aromatic N) is 1. The molecule has 4 nitrogen and oxygen atoms in total. The number of nitrogens with one attached hydrogen (secondary N) is 2. The number of benzene rings is 1. The molecule has 1 saturated heterocycles. The molecule has 1 fully saturated rings. The molecule has 84 valence electrons. The summed E-state index contributed by atoms with van der Waals surface area (Å²) in [5.74, 6) is 0.926. The summed E-state index contributed by atoms with van der Waals surface area (Å²) >= 11 is 0. The lowest BCUT2D eigenvalue weighted by Gasteiger charge is -2.31. The van der Waals surface area contributed by atoms with Crippen LogP contribution in [0.5, 0.6) is 0 Å². The van der Waals surface area contributed by atoms with Gasteiger partial charge in [0.05, 0.1) is 16.6 Å². The smallest absolute Gasteiger partial charge is 0.127 e. The van der Waals surface area contributed by atoms with Gasteiger partial charge >= 0.3 is 0 Å². The second-order valence-electron chi connectivity index (χ2n) is 4.51. The van der Waals surface area contributed by atoms with Crippen LogP contribution in [0.25, 0.3) is 11.0 Å². The Balaban J connectivity index is 2.04. The first-order chi connectivity index (χ1) is 7.78. The van der Waals surface area contributed by atoms with E-state index in [-0.39, 0.29) is 5.54 Å². The van der Waals surface area contributed by atoms with Crippen molar-refractivity contribution >= 4 is 11.0 Å². The molecule has 2 aromatic rings. The molecular weight excluding hydrogens is 200 g/mol. The van der Waals surface area contributed by atoms with Gasteiger partial charge in [-0.2, -0.15) is 0 Å². The average Bonchev–Trinajstić information content (AvgIpc) is 2.74. The molecule has 4 N–H and O–H groups in total. The number of aromatic nitrogens is 2. The Bertz CT molecular complexity index is 463. The lowest BCUT2D eigenvalue weighted by atomic mass is 9.89. The molecule has 0 radical (unpaired) electrons. The predicted octanol–water partition coefficient (Wildman–Crippen LogP) is 1.10. The van der Waals surface area contributed by atoms with E-state index >= 15 is 0 Å². The van der Waals surface area contributed by atoms with Gasteiger partial charge in [-0.15, -0.1) is 0 Å². The van der Waals surface area contributed by atoms with E-state index in [2.05, 4.69) is 15.3 Å². The number of aromatic amines is 1. The molecule has 16 heavy (non-hydrogen) atoms. The maximum absolute atomic E-state index is 6.41. The third kappa shape index (κ3) is 1.50. The molecule has 1 aliphatic heterocycles. The van der Waals surface area contributed by atoms with E-state index in [1.54, 1.807) is 0 Å². The Hall–Kier alpha value is -1.39. The van der Waals surface area contributed by atoms with E-state index in [9.17, 15) is 0 Å². The van der Waals surface area contributed by atoms with Crippen molar-refractivity contribution in [1.82, 2.24) is 15.3 Å². The summed E-state index contributed by atoms with van der Waals surface area (Å²) < 4.78 is 0. The molecule has 1 aromatic heterocycles. The summed E-state index contributed by atoms with van der Waals surface area (Å²) in [4.78, 5) is 7.94. The van der Waals surface area contributed by atoms with Gasteiger partial charge in [0.1, 0.15) is 5.82 Å². The van der Waals surface area contributed by atoms with Crippen molar-refractivity contribution in [3.05, 3.63) is 30.1 Å². The molecule has 0 spiro atoms. The van der Waals surface area contributed by atoms with Crippen molar-refractivity contribution in [2.75, 3.05) is 13.1 Å². The number of hydrogen-bond donors (Lipinski definition) is 3. The first-order valence-corrected chi connectivity index (χ1v) is 5.73. The minimum atomic E-state index is -0.287. The van der Waals surface area contributed by atoms with E-state index in [0.717, 1.165) is 42.8 Å². The summed E-state index contributed by atoms with van der Waals surface area (Å²) in [7, 11) is 0. The van der Waals surface area contributed by atoms with Gasteiger partial charge in [0.25, 0.3) is 0 Å². The van der Waals surface area contributed by atoms with Gasteiger partial charge in [0.15, 0.2) is 0 Å². The van der Waals surface area contributed by atoms with E-state index in [1.807, 2.05) is 24.3 Å². The van der Waals surface area contributed by atoms with Crippen LogP contribution in [-0.2, 0) is 5.54 Å². The van der Waals surface area contributed by atoms with E-state index in [1.165, 1.54) is 0 Å². The molecule has 0 saturated carbocycles.